The van der Waals surface area contributed by atoms with Gasteiger partial charge in [0.2, 0.25) is 0 Å². The summed E-state index contributed by atoms with van der Waals surface area (Å²) in [6, 6.07) is 10.5. The summed E-state index contributed by atoms with van der Waals surface area (Å²) in [7, 11) is 0. The highest BCUT2D eigenvalue weighted by Gasteiger charge is 2.48. The number of carbonyl (C=O) groups excluding carboxylic acids is 1. The van der Waals surface area contributed by atoms with Crippen LogP contribution in [0.5, 0.6) is 0 Å². The van der Waals surface area contributed by atoms with Gasteiger partial charge in [-0.2, -0.15) is 0 Å². The number of esters is 1. The lowest BCUT2D eigenvalue weighted by atomic mass is 9.86. The van der Waals surface area contributed by atoms with Crippen LogP contribution < -0.4 is 0 Å². The highest BCUT2D eigenvalue weighted by atomic mass is 35.5. The van der Waals surface area contributed by atoms with E-state index in [4.69, 9.17) is 4.74 Å². The molecule has 0 radical (unpaired) electrons. The molecule has 0 amide bonds. The van der Waals surface area contributed by atoms with E-state index < -0.39 is 5.60 Å². The van der Waals surface area contributed by atoms with Gasteiger partial charge in [-0.15, -0.1) is 12.4 Å². The molecule has 22 heavy (non-hydrogen) atoms. The van der Waals surface area contributed by atoms with Crippen molar-refractivity contribution in [2.24, 2.45) is 0 Å². The molecule has 1 aliphatic heterocycles. The molecule has 1 heterocycles. The molecule has 0 bridgehead atoms. The molecule has 2 atom stereocenters. The molecule has 4 heteroatoms. The fourth-order valence-corrected chi connectivity index (χ4v) is 3.25. The van der Waals surface area contributed by atoms with Gasteiger partial charge in [-0.1, -0.05) is 50.6 Å². The lowest BCUT2D eigenvalue weighted by Gasteiger charge is -2.36. The van der Waals surface area contributed by atoms with E-state index in [0.29, 0.717) is 6.42 Å². The van der Waals surface area contributed by atoms with Gasteiger partial charge in [0.1, 0.15) is 0 Å². The van der Waals surface area contributed by atoms with Crippen molar-refractivity contribution in [3.63, 3.8) is 0 Å². The van der Waals surface area contributed by atoms with E-state index in [0.717, 1.165) is 25.1 Å². The minimum atomic E-state index is -0.484. The summed E-state index contributed by atoms with van der Waals surface area (Å²) in [5.41, 5.74) is 0.639. The third-order valence-electron chi connectivity index (χ3n) is 4.64. The molecule has 2 rings (SSSR count). The Kier molecular flexibility index (Phi) is 7.37. The first-order chi connectivity index (χ1) is 10.1. The molecular formula is C18H28ClNO2. The number of rotatable bonds is 6. The van der Waals surface area contributed by atoms with Gasteiger partial charge in [0.15, 0.2) is 5.60 Å². The minimum absolute atomic E-state index is 0. The molecule has 0 aromatic heterocycles. The highest BCUT2D eigenvalue weighted by molar-refractivity contribution is 5.85. The van der Waals surface area contributed by atoms with Crippen molar-refractivity contribution in [3.8, 4) is 0 Å². The van der Waals surface area contributed by atoms with E-state index in [2.05, 4.69) is 30.9 Å². The summed E-state index contributed by atoms with van der Waals surface area (Å²) in [6.07, 6.45) is 3.69. The Morgan fingerprint density at radius 2 is 2.00 bits per heavy atom. The van der Waals surface area contributed by atoms with Crippen LogP contribution in [0, 0.1) is 0 Å². The summed E-state index contributed by atoms with van der Waals surface area (Å²) >= 11 is 0. The zero-order valence-corrected chi connectivity index (χ0v) is 14.7. The molecule has 1 aromatic carbocycles. The van der Waals surface area contributed by atoms with Crippen LogP contribution in [0.3, 0.4) is 0 Å². The average molecular weight is 326 g/mol. The molecule has 124 valence electrons. The van der Waals surface area contributed by atoms with E-state index in [9.17, 15) is 4.79 Å². The molecule has 3 nitrogen and oxygen atoms in total. The number of unbranched alkanes of at least 4 members (excludes halogenated alkanes) is 1. The molecule has 1 aliphatic rings. The van der Waals surface area contributed by atoms with Crippen molar-refractivity contribution in [1.29, 1.82) is 0 Å². The topological polar surface area (TPSA) is 29.5 Å². The minimum Gasteiger partial charge on any atom is -0.452 e. The normalized spacial score (nSPS) is 24.8. The van der Waals surface area contributed by atoms with Crippen LogP contribution in [0.4, 0.5) is 0 Å². The first kappa shape index (κ1) is 19.0. The molecule has 0 spiro atoms. The van der Waals surface area contributed by atoms with Gasteiger partial charge in [-0.05, 0) is 25.5 Å². The third kappa shape index (κ3) is 3.82. The lowest BCUT2D eigenvalue weighted by Crippen LogP contribution is -2.44. The van der Waals surface area contributed by atoms with E-state index >= 15 is 0 Å². The molecule has 0 saturated carbocycles. The first-order valence-corrected chi connectivity index (χ1v) is 8.15. The Balaban J connectivity index is 0.00000242. The monoisotopic (exact) mass is 325 g/mol. The molecule has 0 N–H and O–H groups in total. The third-order valence-corrected chi connectivity index (χ3v) is 4.64. The van der Waals surface area contributed by atoms with Gasteiger partial charge in [-0.25, -0.2) is 0 Å². The summed E-state index contributed by atoms with van der Waals surface area (Å²) < 4.78 is 5.98. The Morgan fingerprint density at radius 3 is 2.59 bits per heavy atom. The second-order valence-corrected chi connectivity index (χ2v) is 5.90. The van der Waals surface area contributed by atoms with Crippen LogP contribution in [0.2, 0.25) is 0 Å². The summed E-state index contributed by atoms with van der Waals surface area (Å²) in [5.74, 6) is -0.108. The highest BCUT2D eigenvalue weighted by Crippen LogP contribution is 2.41. The Morgan fingerprint density at radius 1 is 1.32 bits per heavy atom. The molecule has 2 unspecified atom stereocenters. The molecule has 1 saturated heterocycles. The van der Waals surface area contributed by atoms with Crippen LogP contribution in [0.15, 0.2) is 30.3 Å². The predicted molar refractivity (Wildman–Crippen MR) is 92.3 cm³/mol. The second-order valence-electron chi connectivity index (χ2n) is 5.90. The van der Waals surface area contributed by atoms with Gasteiger partial charge in [-0.3, -0.25) is 9.69 Å². The van der Waals surface area contributed by atoms with Gasteiger partial charge in [0, 0.05) is 19.4 Å². The maximum Gasteiger partial charge on any atom is 0.306 e. The summed E-state index contributed by atoms with van der Waals surface area (Å²) in [4.78, 5) is 14.4. The standard InChI is InChI=1S/C18H27NO2.ClH/c1-4-6-13-19-14-12-18(15(19)3,21-17(20)5-2)16-10-8-7-9-11-16;/h7-11,15H,4-6,12-14H2,1-3H3;1H. The number of hydrogen-bond acceptors (Lipinski definition) is 3. The SMILES string of the molecule is CCCCN1CCC(OC(=O)CC)(c2ccccc2)C1C.Cl. The summed E-state index contributed by atoms with van der Waals surface area (Å²) in [6.45, 7) is 8.33. The number of halogens is 1. The quantitative estimate of drug-likeness (QED) is 0.736. The zero-order chi connectivity index (χ0) is 15.3. The number of benzene rings is 1. The van der Waals surface area contributed by atoms with E-state index in [1.165, 1.54) is 12.8 Å². The number of nitrogens with zero attached hydrogens (tertiary/aromatic N) is 1. The number of ether oxygens (including phenoxy) is 1. The number of carbonyl (C=O) groups is 1. The Labute approximate surface area is 140 Å². The van der Waals surface area contributed by atoms with E-state index in [1.54, 1.807) is 0 Å². The number of hydrogen-bond donors (Lipinski definition) is 0. The van der Waals surface area contributed by atoms with Gasteiger partial charge < -0.3 is 4.74 Å². The first-order valence-electron chi connectivity index (χ1n) is 8.15. The van der Waals surface area contributed by atoms with Crippen molar-refractivity contribution >= 4 is 18.4 Å². The fraction of sp³-hybridized carbons (Fsp3) is 0.611. The van der Waals surface area contributed by atoms with E-state index in [-0.39, 0.29) is 24.4 Å². The van der Waals surface area contributed by atoms with Crippen molar-refractivity contribution < 1.29 is 9.53 Å². The number of likely N-dealkylation sites (tertiary alicyclic amines) is 1. The molecule has 1 aromatic rings. The maximum absolute atomic E-state index is 12.0. The second kappa shape index (κ2) is 8.54. The zero-order valence-electron chi connectivity index (χ0n) is 13.9. The molecule has 1 fully saturated rings. The van der Waals surface area contributed by atoms with E-state index in [1.807, 2.05) is 25.1 Å². The molecule has 0 aliphatic carbocycles. The van der Waals surface area contributed by atoms with Gasteiger partial charge >= 0.3 is 5.97 Å². The van der Waals surface area contributed by atoms with Crippen LogP contribution >= 0.6 is 12.4 Å². The predicted octanol–water partition coefficient (Wildman–Crippen LogP) is 4.15. The van der Waals surface area contributed by atoms with Crippen molar-refractivity contribution in [3.05, 3.63) is 35.9 Å². The summed E-state index contributed by atoms with van der Waals surface area (Å²) in [5, 5.41) is 0. The van der Waals surface area contributed by atoms with Crippen LogP contribution in [0.1, 0.15) is 52.0 Å². The van der Waals surface area contributed by atoms with Crippen LogP contribution in [0.25, 0.3) is 0 Å². The average Bonchev–Trinajstić information content (AvgIpc) is 2.83. The van der Waals surface area contributed by atoms with Crippen LogP contribution in [-0.4, -0.2) is 30.0 Å². The Hall–Kier alpha value is -1.06. The fourth-order valence-electron chi connectivity index (χ4n) is 3.25. The smallest absolute Gasteiger partial charge is 0.306 e. The molecular weight excluding hydrogens is 298 g/mol. The van der Waals surface area contributed by atoms with Gasteiger partial charge in [0.05, 0.1) is 6.04 Å². The van der Waals surface area contributed by atoms with Crippen molar-refractivity contribution in [2.75, 3.05) is 13.1 Å². The Bertz CT molecular complexity index is 465. The van der Waals surface area contributed by atoms with Gasteiger partial charge in [0.25, 0.3) is 0 Å². The lowest BCUT2D eigenvalue weighted by molar-refractivity contribution is -0.163. The maximum atomic E-state index is 12.0. The van der Waals surface area contributed by atoms with Crippen LogP contribution in [-0.2, 0) is 15.1 Å². The van der Waals surface area contributed by atoms with Crippen molar-refractivity contribution in [1.82, 2.24) is 4.90 Å². The van der Waals surface area contributed by atoms with Crippen molar-refractivity contribution in [2.45, 2.75) is 58.1 Å². The largest absolute Gasteiger partial charge is 0.452 e.